The summed E-state index contributed by atoms with van der Waals surface area (Å²) in [5.41, 5.74) is 2.86. The lowest BCUT2D eigenvalue weighted by Gasteiger charge is -2.28. The predicted octanol–water partition coefficient (Wildman–Crippen LogP) is 3.88. The van der Waals surface area contributed by atoms with Gasteiger partial charge >= 0.3 is 0 Å². The van der Waals surface area contributed by atoms with E-state index in [1.54, 1.807) is 0 Å². The molecule has 30 heavy (non-hydrogen) atoms. The fraction of sp³-hybridized carbons (Fsp3) is 0.565. The Morgan fingerprint density at radius 3 is 2.67 bits per heavy atom. The Hall–Kier alpha value is -2.54. The molecule has 1 N–H and O–H groups in total. The summed E-state index contributed by atoms with van der Waals surface area (Å²) in [6, 6.07) is 9.11. The summed E-state index contributed by atoms with van der Waals surface area (Å²) in [6.45, 7) is 3.35. The second-order valence-electron chi connectivity index (χ2n) is 8.98. The van der Waals surface area contributed by atoms with Gasteiger partial charge in [0.2, 0.25) is 0 Å². The van der Waals surface area contributed by atoms with Crippen LogP contribution in [0.4, 0.5) is 0 Å². The van der Waals surface area contributed by atoms with Gasteiger partial charge in [-0.05, 0) is 60.0 Å². The van der Waals surface area contributed by atoms with Gasteiger partial charge in [0.1, 0.15) is 0 Å². The zero-order valence-corrected chi connectivity index (χ0v) is 17.7. The third-order valence-electron chi connectivity index (χ3n) is 6.96. The third-order valence-corrected chi connectivity index (χ3v) is 6.96. The molecule has 2 saturated carbocycles. The summed E-state index contributed by atoms with van der Waals surface area (Å²) >= 11 is 0. The number of nitrogens with one attached hydrogen (secondary N) is 1. The highest BCUT2D eigenvalue weighted by atomic mass is 16.1. The van der Waals surface area contributed by atoms with Crippen LogP contribution in [-0.4, -0.2) is 36.1 Å². The van der Waals surface area contributed by atoms with E-state index in [1.165, 1.54) is 38.5 Å². The van der Waals surface area contributed by atoms with Crippen molar-refractivity contribution >= 4 is 10.9 Å². The number of tetrazole rings is 1. The Balaban J connectivity index is 1.44. The van der Waals surface area contributed by atoms with Crippen molar-refractivity contribution in [2.75, 3.05) is 0 Å². The second kappa shape index (κ2) is 8.30. The van der Waals surface area contributed by atoms with Gasteiger partial charge in [-0.1, -0.05) is 43.9 Å². The van der Waals surface area contributed by atoms with E-state index in [0.717, 1.165) is 40.7 Å². The maximum atomic E-state index is 12.9. The first-order valence-corrected chi connectivity index (χ1v) is 11.3. The van der Waals surface area contributed by atoms with Gasteiger partial charge in [0, 0.05) is 18.2 Å². The number of benzene rings is 1. The number of hydrogen-bond donors (Lipinski definition) is 1. The minimum absolute atomic E-state index is 0.00943. The number of fused-ring (bicyclic) bond motifs is 1. The van der Waals surface area contributed by atoms with Crippen molar-refractivity contribution in [1.29, 1.82) is 0 Å². The molecule has 0 unspecified atom stereocenters. The summed E-state index contributed by atoms with van der Waals surface area (Å²) in [5, 5.41) is 13.8. The van der Waals surface area contributed by atoms with E-state index in [-0.39, 0.29) is 5.56 Å². The maximum Gasteiger partial charge on any atom is 0.252 e. The largest absolute Gasteiger partial charge is 0.321 e. The highest BCUT2D eigenvalue weighted by Crippen LogP contribution is 2.31. The molecule has 0 radical (unpaired) electrons. The first kappa shape index (κ1) is 19.4. The lowest BCUT2D eigenvalue weighted by molar-refractivity contribution is 0.170. The van der Waals surface area contributed by atoms with E-state index >= 15 is 0 Å². The molecule has 3 aromatic rings. The predicted molar refractivity (Wildman–Crippen MR) is 116 cm³/mol. The summed E-state index contributed by atoms with van der Waals surface area (Å²) in [5.74, 6) is 0.932. The summed E-state index contributed by atoms with van der Waals surface area (Å²) in [6.07, 6.45) is 9.68. The fourth-order valence-corrected chi connectivity index (χ4v) is 5.28. The Morgan fingerprint density at radius 2 is 1.87 bits per heavy atom. The van der Waals surface area contributed by atoms with Crippen LogP contribution in [0.25, 0.3) is 10.9 Å². The van der Waals surface area contributed by atoms with Crippen LogP contribution in [0.1, 0.15) is 74.4 Å². The highest BCUT2D eigenvalue weighted by molar-refractivity contribution is 5.81. The fourth-order valence-electron chi connectivity index (χ4n) is 5.28. The number of para-hydroxylation sites is 1. The standard InChI is InChI=1S/C23H30N6O/c1-16-7-6-8-17-13-18(23(30)24-22(16)17)14-28(19-9-2-3-10-19)15-21-25-26-27-29(21)20-11-4-5-12-20/h6-8,13,19-20H,2-5,9-12,14-15H2,1H3,(H,24,30). The Labute approximate surface area is 176 Å². The molecule has 7 nitrogen and oxygen atoms in total. The molecule has 7 heteroatoms. The molecule has 1 aromatic carbocycles. The first-order valence-electron chi connectivity index (χ1n) is 11.3. The molecular weight excluding hydrogens is 376 g/mol. The molecule has 0 spiro atoms. The Morgan fingerprint density at radius 1 is 1.10 bits per heavy atom. The third kappa shape index (κ3) is 3.78. The van der Waals surface area contributed by atoms with Gasteiger partial charge in [0.25, 0.3) is 5.56 Å². The molecule has 0 atom stereocenters. The molecule has 0 bridgehead atoms. The monoisotopic (exact) mass is 406 g/mol. The number of H-pyrrole nitrogens is 1. The van der Waals surface area contributed by atoms with E-state index in [2.05, 4.69) is 37.5 Å². The van der Waals surface area contributed by atoms with Crippen LogP contribution in [0.5, 0.6) is 0 Å². The van der Waals surface area contributed by atoms with E-state index in [0.29, 0.717) is 25.2 Å². The molecular formula is C23H30N6O. The average molecular weight is 407 g/mol. The van der Waals surface area contributed by atoms with Crippen LogP contribution in [0.15, 0.2) is 29.1 Å². The molecule has 0 amide bonds. The van der Waals surface area contributed by atoms with Gasteiger partial charge in [-0.2, -0.15) is 0 Å². The SMILES string of the molecule is Cc1cccc2cc(CN(Cc3nnnn3C3CCCC3)C3CCCC3)c(=O)[nH]c12. The summed E-state index contributed by atoms with van der Waals surface area (Å²) in [4.78, 5) is 18.4. The van der Waals surface area contributed by atoms with Crippen LogP contribution in [0.2, 0.25) is 0 Å². The smallest absolute Gasteiger partial charge is 0.252 e. The van der Waals surface area contributed by atoms with Crippen molar-refractivity contribution in [1.82, 2.24) is 30.1 Å². The highest BCUT2D eigenvalue weighted by Gasteiger charge is 2.27. The summed E-state index contributed by atoms with van der Waals surface area (Å²) < 4.78 is 2.04. The number of hydrogen-bond acceptors (Lipinski definition) is 5. The van der Waals surface area contributed by atoms with Crippen LogP contribution in [0, 0.1) is 6.92 Å². The van der Waals surface area contributed by atoms with E-state index < -0.39 is 0 Å². The molecule has 2 aliphatic rings. The molecule has 2 heterocycles. The molecule has 2 fully saturated rings. The number of aromatic nitrogens is 5. The average Bonchev–Trinajstić information content (AvgIpc) is 3.51. The second-order valence-corrected chi connectivity index (χ2v) is 8.98. The van der Waals surface area contributed by atoms with Gasteiger partial charge in [-0.25, -0.2) is 4.68 Å². The Bertz CT molecular complexity index is 1070. The molecule has 0 aliphatic heterocycles. The first-order chi connectivity index (χ1) is 14.7. The normalized spacial score (nSPS) is 18.2. The van der Waals surface area contributed by atoms with Crippen molar-refractivity contribution in [2.45, 2.75) is 83.5 Å². The molecule has 158 valence electrons. The van der Waals surface area contributed by atoms with Crippen molar-refractivity contribution < 1.29 is 0 Å². The van der Waals surface area contributed by atoms with Crippen molar-refractivity contribution in [3.05, 3.63) is 51.6 Å². The quantitative estimate of drug-likeness (QED) is 0.672. The van der Waals surface area contributed by atoms with Crippen LogP contribution >= 0.6 is 0 Å². The van der Waals surface area contributed by atoms with Gasteiger partial charge in [0.15, 0.2) is 5.82 Å². The van der Waals surface area contributed by atoms with Crippen LogP contribution in [0.3, 0.4) is 0 Å². The summed E-state index contributed by atoms with van der Waals surface area (Å²) in [7, 11) is 0. The number of aryl methyl sites for hydroxylation is 1. The van der Waals surface area contributed by atoms with Crippen LogP contribution in [-0.2, 0) is 13.1 Å². The van der Waals surface area contributed by atoms with Crippen molar-refractivity contribution in [3.63, 3.8) is 0 Å². The zero-order chi connectivity index (χ0) is 20.5. The number of pyridine rings is 1. The van der Waals surface area contributed by atoms with E-state index in [4.69, 9.17) is 0 Å². The van der Waals surface area contributed by atoms with Gasteiger partial charge in [-0.15, -0.1) is 5.10 Å². The maximum absolute atomic E-state index is 12.9. The molecule has 2 aliphatic carbocycles. The number of rotatable bonds is 6. The lowest BCUT2D eigenvalue weighted by Crippen LogP contribution is -2.35. The lowest BCUT2D eigenvalue weighted by atomic mass is 10.1. The topological polar surface area (TPSA) is 79.7 Å². The van der Waals surface area contributed by atoms with Gasteiger partial charge in [-0.3, -0.25) is 9.69 Å². The zero-order valence-electron chi connectivity index (χ0n) is 17.7. The van der Waals surface area contributed by atoms with Gasteiger partial charge in [0.05, 0.1) is 18.1 Å². The minimum Gasteiger partial charge on any atom is -0.321 e. The van der Waals surface area contributed by atoms with Crippen molar-refractivity contribution in [3.8, 4) is 0 Å². The number of nitrogens with zero attached hydrogens (tertiary/aromatic N) is 5. The molecule has 2 aromatic heterocycles. The minimum atomic E-state index is 0.00943. The molecule has 0 saturated heterocycles. The van der Waals surface area contributed by atoms with E-state index in [1.807, 2.05) is 23.7 Å². The number of aromatic amines is 1. The molecule has 5 rings (SSSR count). The van der Waals surface area contributed by atoms with Gasteiger partial charge < -0.3 is 4.98 Å². The van der Waals surface area contributed by atoms with Crippen LogP contribution < -0.4 is 5.56 Å². The Kier molecular flexibility index (Phi) is 5.37. The van der Waals surface area contributed by atoms with Crippen molar-refractivity contribution in [2.24, 2.45) is 0 Å². The van der Waals surface area contributed by atoms with E-state index in [9.17, 15) is 4.79 Å².